The first-order chi connectivity index (χ1) is 13.3. The highest BCUT2D eigenvalue weighted by molar-refractivity contribution is 7.90. The second kappa shape index (κ2) is 6.98. The molecule has 7 heteroatoms. The minimum absolute atomic E-state index is 0.230. The van der Waals surface area contributed by atoms with Crippen LogP contribution in [-0.4, -0.2) is 34.4 Å². The Hall–Kier alpha value is -2.38. The Kier molecular flexibility index (Phi) is 4.33. The Morgan fingerprint density at radius 2 is 1.85 bits per heavy atom. The molecule has 1 N–H and O–H groups in total. The molecule has 3 heterocycles. The van der Waals surface area contributed by atoms with Crippen molar-refractivity contribution in [2.45, 2.75) is 30.2 Å². The van der Waals surface area contributed by atoms with Crippen LogP contribution in [0.1, 0.15) is 24.8 Å². The fraction of sp³-hybridized carbons (Fsp3) is 0.350. The minimum atomic E-state index is -1.25. The minimum Gasteiger partial charge on any atom is -0.609 e. The Bertz CT molecular complexity index is 927. The molecule has 1 aromatic heterocycles. The maximum absolute atomic E-state index is 13.0. The van der Waals surface area contributed by atoms with Gasteiger partial charge < -0.3 is 18.9 Å². The summed E-state index contributed by atoms with van der Waals surface area (Å²) in [7, 11) is 0. The number of anilines is 1. The average molecular weight is 383 g/mol. The molecule has 1 atom stereocenters. The van der Waals surface area contributed by atoms with Gasteiger partial charge in [-0.05, 0) is 25.3 Å². The average Bonchev–Trinajstić information content (AvgIpc) is 3.33. The molecule has 140 valence electrons. The Morgan fingerprint density at radius 1 is 1.07 bits per heavy atom. The van der Waals surface area contributed by atoms with Gasteiger partial charge in [0.1, 0.15) is 5.75 Å². The molecule has 0 amide bonds. The van der Waals surface area contributed by atoms with E-state index in [1.807, 2.05) is 18.2 Å². The van der Waals surface area contributed by atoms with Gasteiger partial charge in [0.15, 0.2) is 11.5 Å². The topological polar surface area (TPSA) is 73.4 Å². The number of hydrogen-bond donors (Lipinski definition) is 1. The fourth-order valence-corrected chi connectivity index (χ4v) is 4.86. The van der Waals surface area contributed by atoms with Crippen molar-refractivity contribution in [3.8, 4) is 11.5 Å². The molecule has 2 aromatic carbocycles. The van der Waals surface area contributed by atoms with Crippen LogP contribution in [0.5, 0.6) is 11.5 Å². The molecule has 0 bridgehead atoms. The third-order valence-electron chi connectivity index (χ3n) is 5.15. The second-order valence-corrected chi connectivity index (χ2v) is 8.30. The molecule has 0 aliphatic carbocycles. The summed E-state index contributed by atoms with van der Waals surface area (Å²) in [4.78, 5) is 10.1. The van der Waals surface area contributed by atoms with Crippen molar-refractivity contribution in [1.82, 2.24) is 9.97 Å². The number of nitrogens with zero attached hydrogens (tertiary/aromatic N) is 2. The Balaban J connectivity index is 1.40. The van der Waals surface area contributed by atoms with E-state index in [1.165, 1.54) is 24.9 Å². The molecule has 27 heavy (non-hydrogen) atoms. The maximum atomic E-state index is 13.0. The number of para-hydroxylation sites is 1. The van der Waals surface area contributed by atoms with E-state index in [2.05, 4.69) is 33.1 Å². The van der Waals surface area contributed by atoms with Crippen LogP contribution in [0.3, 0.4) is 0 Å². The van der Waals surface area contributed by atoms with Crippen molar-refractivity contribution >= 4 is 27.9 Å². The molecule has 1 fully saturated rings. The highest BCUT2D eigenvalue weighted by Crippen LogP contribution is 2.36. The van der Waals surface area contributed by atoms with Gasteiger partial charge in [-0.15, -0.1) is 0 Å². The lowest BCUT2D eigenvalue weighted by Gasteiger charge is -2.30. The van der Waals surface area contributed by atoms with Gasteiger partial charge in [-0.2, -0.15) is 4.98 Å². The number of benzene rings is 2. The van der Waals surface area contributed by atoms with Gasteiger partial charge >= 0.3 is 5.16 Å². The van der Waals surface area contributed by atoms with E-state index in [4.69, 9.17) is 9.47 Å². The summed E-state index contributed by atoms with van der Waals surface area (Å²) in [5, 5.41) is 0.488. The molecule has 0 radical (unpaired) electrons. The van der Waals surface area contributed by atoms with Crippen LogP contribution in [0.4, 0.5) is 5.69 Å². The van der Waals surface area contributed by atoms with Crippen LogP contribution < -0.4 is 14.4 Å². The number of rotatable bonds is 4. The summed E-state index contributed by atoms with van der Waals surface area (Å²) in [5.74, 6) is 1.82. The molecule has 0 saturated carbocycles. The number of hydrogen-bond acceptors (Lipinski definition) is 5. The molecule has 1 saturated heterocycles. The van der Waals surface area contributed by atoms with E-state index < -0.39 is 11.2 Å². The molecule has 3 aromatic rings. The summed E-state index contributed by atoms with van der Waals surface area (Å²) in [6.45, 7) is 2.37. The molecule has 2 aliphatic heterocycles. The first-order valence-corrected chi connectivity index (χ1v) is 10.6. The van der Waals surface area contributed by atoms with E-state index in [0.717, 1.165) is 29.7 Å². The summed E-state index contributed by atoms with van der Waals surface area (Å²) in [5.41, 5.74) is 3.86. The van der Waals surface area contributed by atoms with Crippen molar-refractivity contribution in [3.05, 3.63) is 42.0 Å². The van der Waals surface area contributed by atoms with Gasteiger partial charge in [-0.3, -0.25) is 4.98 Å². The summed E-state index contributed by atoms with van der Waals surface area (Å²) in [6, 6.07) is 12.0. The lowest BCUT2D eigenvalue weighted by atomic mass is 10.1. The smallest absolute Gasteiger partial charge is 0.321 e. The molecular formula is C20H21N3O3S. The van der Waals surface area contributed by atoms with Crippen LogP contribution in [-0.2, 0) is 16.9 Å². The van der Waals surface area contributed by atoms with Gasteiger partial charge in [-0.25, -0.2) is 0 Å². The highest BCUT2D eigenvalue weighted by atomic mass is 32.2. The molecule has 1 unspecified atom stereocenters. The number of ether oxygens (including phenoxy) is 2. The summed E-state index contributed by atoms with van der Waals surface area (Å²) < 4.78 is 23.8. The van der Waals surface area contributed by atoms with Gasteiger partial charge in [0.05, 0.1) is 11.0 Å². The highest BCUT2D eigenvalue weighted by Gasteiger charge is 2.23. The standard InChI is InChI=1S/C20H21N3O3S/c24-27(12-14-6-2-3-7-17(14)23-8-4-1-5-9-23)20-21-15-10-18-19(26-13-25-18)11-16(15)22-20/h2-3,6-7,10-11H,1,4-5,8-9,12-13H2,(H,21,22). The van der Waals surface area contributed by atoms with Crippen molar-refractivity contribution in [1.29, 1.82) is 0 Å². The van der Waals surface area contributed by atoms with E-state index >= 15 is 0 Å². The number of imidazole rings is 1. The van der Waals surface area contributed by atoms with Crippen LogP contribution in [0.25, 0.3) is 11.0 Å². The van der Waals surface area contributed by atoms with Gasteiger partial charge in [0.2, 0.25) is 6.79 Å². The van der Waals surface area contributed by atoms with Gasteiger partial charge in [-0.1, -0.05) is 18.2 Å². The molecule has 0 spiro atoms. The van der Waals surface area contributed by atoms with Crippen molar-refractivity contribution in [2.24, 2.45) is 0 Å². The van der Waals surface area contributed by atoms with Crippen LogP contribution >= 0.6 is 0 Å². The number of fused-ring (bicyclic) bond motifs is 2. The van der Waals surface area contributed by atoms with Gasteiger partial charge in [0, 0.05) is 47.6 Å². The van der Waals surface area contributed by atoms with Gasteiger partial charge in [0.25, 0.3) is 0 Å². The second-order valence-electron chi connectivity index (χ2n) is 6.93. The predicted molar refractivity (Wildman–Crippen MR) is 105 cm³/mol. The van der Waals surface area contributed by atoms with E-state index in [9.17, 15) is 4.55 Å². The molecule has 5 rings (SSSR count). The van der Waals surface area contributed by atoms with Crippen molar-refractivity contribution in [2.75, 3.05) is 24.8 Å². The normalized spacial score (nSPS) is 17.4. The maximum Gasteiger partial charge on any atom is 0.321 e. The first-order valence-electron chi connectivity index (χ1n) is 9.28. The van der Waals surface area contributed by atoms with Crippen molar-refractivity contribution in [3.63, 3.8) is 0 Å². The largest absolute Gasteiger partial charge is 0.609 e. The third kappa shape index (κ3) is 3.21. The summed E-state index contributed by atoms with van der Waals surface area (Å²) in [6.07, 6.45) is 3.73. The summed E-state index contributed by atoms with van der Waals surface area (Å²) >= 11 is -1.25. The van der Waals surface area contributed by atoms with Crippen LogP contribution in [0.15, 0.2) is 41.6 Å². The molecule has 2 aliphatic rings. The predicted octanol–water partition coefficient (Wildman–Crippen LogP) is 3.59. The van der Waals surface area contributed by atoms with E-state index in [0.29, 0.717) is 22.4 Å². The zero-order chi connectivity index (χ0) is 18.2. The van der Waals surface area contributed by atoms with Crippen LogP contribution in [0.2, 0.25) is 0 Å². The fourth-order valence-electron chi connectivity index (χ4n) is 3.77. The zero-order valence-electron chi connectivity index (χ0n) is 14.9. The third-order valence-corrected chi connectivity index (χ3v) is 6.34. The molecule has 6 nitrogen and oxygen atoms in total. The quantitative estimate of drug-likeness (QED) is 0.697. The zero-order valence-corrected chi connectivity index (χ0v) is 15.8. The lowest BCUT2D eigenvalue weighted by molar-refractivity contribution is 0.174. The number of H-pyrrole nitrogens is 1. The van der Waals surface area contributed by atoms with Crippen LogP contribution in [0, 0.1) is 0 Å². The van der Waals surface area contributed by atoms with Crippen molar-refractivity contribution < 1.29 is 14.0 Å². The number of nitrogens with one attached hydrogen (secondary N) is 1. The Morgan fingerprint density at radius 3 is 2.70 bits per heavy atom. The number of aromatic nitrogens is 2. The molecular weight excluding hydrogens is 362 g/mol. The van der Waals surface area contributed by atoms with E-state index in [-0.39, 0.29) is 6.79 Å². The monoisotopic (exact) mass is 383 g/mol. The Labute approximate surface area is 160 Å². The van der Waals surface area contributed by atoms with E-state index in [1.54, 1.807) is 0 Å². The number of piperidine rings is 1. The first kappa shape index (κ1) is 16.8. The lowest BCUT2D eigenvalue weighted by Crippen LogP contribution is -2.30. The SMILES string of the molecule is [O-][S+](Cc1ccccc1N1CCCCC1)c1nc2cc3c(cc2[nH]1)OCO3. The number of aromatic amines is 1.